The summed E-state index contributed by atoms with van der Waals surface area (Å²) in [6.07, 6.45) is 1.60. The number of ketones is 1. The zero-order valence-corrected chi connectivity index (χ0v) is 17.1. The lowest BCUT2D eigenvalue weighted by Crippen LogP contribution is -2.30. The number of fused-ring (bicyclic) bond motifs is 1. The fourth-order valence-electron chi connectivity index (χ4n) is 3.99. The largest absolute Gasteiger partial charge is 0.454 e. The lowest BCUT2D eigenvalue weighted by atomic mass is 10.1. The summed E-state index contributed by atoms with van der Waals surface area (Å²) >= 11 is 0. The summed E-state index contributed by atoms with van der Waals surface area (Å²) in [5.41, 5.74) is 3.24. The van der Waals surface area contributed by atoms with E-state index in [0.717, 1.165) is 28.6 Å². The Bertz CT molecular complexity index is 1120. The number of aromatic nitrogens is 1. The molecule has 30 heavy (non-hydrogen) atoms. The molecule has 0 spiro atoms. The van der Waals surface area contributed by atoms with Crippen LogP contribution in [0.3, 0.4) is 0 Å². The van der Waals surface area contributed by atoms with Gasteiger partial charge in [0.15, 0.2) is 6.10 Å². The molecule has 1 aliphatic heterocycles. The predicted molar refractivity (Wildman–Crippen MR) is 114 cm³/mol. The highest BCUT2D eigenvalue weighted by Gasteiger charge is 2.38. The summed E-state index contributed by atoms with van der Waals surface area (Å²) in [7, 11) is 0. The van der Waals surface area contributed by atoms with Crippen LogP contribution >= 0.6 is 0 Å². The van der Waals surface area contributed by atoms with Gasteiger partial charge in [0.2, 0.25) is 11.7 Å². The first-order valence-corrected chi connectivity index (χ1v) is 10.2. The quantitative estimate of drug-likeness (QED) is 0.499. The number of aryl methyl sites for hydroxylation is 1. The number of nitrogens with one attached hydrogen (secondary N) is 1. The Hall–Kier alpha value is -3.41. The summed E-state index contributed by atoms with van der Waals surface area (Å²) in [6.45, 7) is 3.87. The molecule has 1 amide bonds. The standard InChI is InChI=1S/C24H24N2O4/c1-3-16-8-4-7-11-21(16)26-14-17(12-22(26)27)24(29)30-15(2)23(28)19-13-25-20-10-6-5-9-18(19)20/h4-11,13,15,17,25H,3,12,14H2,1-2H3/t15-,17-/m1/s1. The number of para-hydroxylation sites is 2. The van der Waals surface area contributed by atoms with Crippen molar-refractivity contribution in [3.63, 3.8) is 0 Å². The van der Waals surface area contributed by atoms with Gasteiger partial charge in [0, 0.05) is 41.3 Å². The number of H-pyrrole nitrogens is 1. The number of carbonyl (C=O) groups excluding carboxylic acids is 3. The van der Waals surface area contributed by atoms with Crippen LogP contribution in [0.5, 0.6) is 0 Å². The molecule has 4 rings (SSSR count). The number of benzene rings is 2. The summed E-state index contributed by atoms with van der Waals surface area (Å²) < 4.78 is 5.48. The fourth-order valence-corrected chi connectivity index (χ4v) is 3.99. The molecule has 2 atom stereocenters. The highest BCUT2D eigenvalue weighted by Crippen LogP contribution is 2.29. The number of anilines is 1. The minimum Gasteiger partial charge on any atom is -0.454 e. The summed E-state index contributed by atoms with van der Waals surface area (Å²) in [6, 6.07) is 15.2. The van der Waals surface area contributed by atoms with E-state index in [9.17, 15) is 14.4 Å². The number of ether oxygens (including phenoxy) is 1. The van der Waals surface area contributed by atoms with Crippen LogP contribution < -0.4 is 4.90 Å². The highest BCUT2D eigenvalue weighted by molar-refractivity contribution is 6.10. The molecule has 2 aromatic carbocycles. The van der Waals surface area contributed by atoms with Crippen LogP contribution in [-0.4, -0.2) is 35.3 Å². The van der Waals surface area contributed by atoms with E-state index in [-0.39, 0.29) is 24.7 Å². The number of carbonyl (C=O) groups is 3. The van der Waals surface area contributed by atoms with Crippen LogP contribution in [0.15, 0.2) is 54.7 Å². The van der Waals surface area contributed by atoms with Crippen molar-refractivity contribution >= 4 is 34.3 Å². The predicted octanol–water partition coefficient (Wildman–Crippen LogP) is 3.90. The number of rotatable bonds is 6. The van der Waals surface area contributed by atoms with Gasteiger partial charge in [-0.15, -0.1) is 0 Å². The first kappa shape index (κ1) is 19.9. The Morgan fingerprint density at radius 2 is 1.90 bits per heavy atom. The molecule has 2 heterocycles. The third kappa shape index (κ3) is 3.61. The van der Waals surface area contributed by atoms with Gasteiger partial charge in [-0.3, -0.25) is 14.4 Å². The smallest absolute Gasteiger partial charge is 0.312 e. The minimum absolute atomic E-state index is 0.0882. The van der Waals surface area contributed by atoms with Crippen LogP contribution in [0.4, 0.5) is 5.69 Å². The highest BCUT2D eigenvalue weighted by atomic mass is 16.5. The van der Waals surface area contributed by atoms with Gasteiger partial charge in [-0.05, 0) is 31.0 Å². The molecule has 154 valence electrons. The Morgan fingerprint density at radius 3 is 2.70 bits per heavy atom. The number of amides is 1. The van der Waals surface area contributed by atoms with Crippen molar-refractivity contribution < 1.29 is 19.1 Å². The molecule has 1 N–H and O–H groups in total. The molecule has 1 aromatic heterocycles. The van der Waals surface area contributed by atoms with Crippen LogP contribution in [0.2, 0.25) is 0 Å². The molecule has 6 nitrogen and oxygen atoms in total. The summed E-state index contributed by atoms with van der Waals surface area (Å²) in [5, 5.41) is 0.795. The van der Waals surface area contributed by atoms with Gasteiger partial charge in [-0.1, -0.05) is 43.3 Å². The first-order valence-electron chi connectivity index (χ1n) is 10.2. The molecular weight excluding hydrogens is 380 g/mol. The maximum absolute atomic E-state index is 12.8. The molecule has 0 bridgehead atoms. The number of aromatic amines is 1. The Morgan fingerprint density at radius 1 is 1.17 bits per heavy atom. The van der Waals surface area contributed by atoms with E-state index in [0.29, 0.717) is 5.56 Å². The zero-order chi connectivity index (χ0) is 21.3. The number of hydrogen-bond acceptors (Lipinski definition) is 4. The topological polar surface area (TPSA) is 79.5 Å². The van der Waals surface area contributed by atoms with Gasteiger partial charge in [0.25, 0.3) is 0 Å². The third-order valence-corrected chi connectivity index (χ3v) is 5.64. The van der Waals surface area contributed by atoms with E-state index < -0.39 is 18.0 Å². The summed E-state index contributed by atoms with van der Waals surface area (Å²) in [5.74, 6) is -1.46. The normalized spacial score (nSPS) is 17.3. The average Bonchev–Trinajstić information content (AvgIpc) is 3.36. The second-order valence-electron chi connectivity index (χ2n) is 7.58. The first-order chi connectivity index (χ1) is 14.5. The van der Waals surface area contributed by atoms with Crippen molar-refractivity contribution in [2.75, 3.05) is 11.4 Å². The lowest BCUT2D eigenvalue weighted by Gasteiger charge is -2.20. The van der Waals surface area contributed by atoms with Crippen molar-refractivity contribution in [1.29, 1.82) is 0 Å². The van der Waals surface area contributed by atoms with Crippen LogP contribution in [0, 0.1) is 5.92 Å². The molecule has 0 unspecified atom stereocenters. The Kier molecular flexibility index (Phi) is 5.40. The van der Waals surface area contributed by atoms with Crippen molar-refractivity contribution in [3.8, 4) is 0 Å². The SMILES string of the molecule is CCc1ccccc1N1C[C@H](C(=O)O[C@H](C)C(=O)c2c[nH]c3ccccc23)CC1=O. The van der Waals surface area contributed by atoms with E-state index in [1.54, 1.807) is 18.0 Å². The molecule has 6 heteroatoms. The van der Waals surface area contributed by atoms with Crippen molar-refractivity contribution in [3.05, 3.63) is 65.9 Å². The fraction of sp³-hybridized carbons (Fsp3) is 0.292. The van der Waals surface area contributed by atoms with Gasteiger partial charge in [-0.2, -0.15) is 0 Å². The van der Waals surface area contributed by atoms with Crippen LogP contribution in [0.25, 0.3) is 10.9 Å². The molecule has 0 radical (unpaired) electrons. The van der Waals surface area contributed by atoms with Crippen molar-refractivity contribution in [2.45, 2.75) is 32.8 Å². The van der Waals surface area contributed by atoms with Crippen molar-refractivity contribution in [1.82, 2.24) is 4.98 Å². The van der Waals surface area contributed by atoms with E-state index in [1.165, 1.54) is 0 Å². The number of nitrogens with zero attached hydrogens (tertiary/aromatic N) is 1. The monoisotopic (exact) mass is 404 g/mol. The Balaban J connectivity index is 1.45. The molecule has 1 saturated heterocycles. The summed E-state index contributed by atoms with van der Waals surface area (Å²) in [4.78, 5) is 42.8. The van der Waals surface area contributed by atoms with Crippen molar-refractivity contribution in [2.24, 2.45) is 5.92 Å². The van der Waals surface area contributed by atoms with E-state index in [1.807, 2.05) is 55.5 Å². The number of hydrogen-bond donors (Lipinski definition) is 1. The zero-order valence-electron chi connectivity index (χ0n) is 17.1. The van der Waals surface area contributed by atoms with Gasteiger partial charge >= 0.3 is 5.97 Å². The molecule has 1 fully saturated rings. The van der Waals surface area contributed by atoms with E-state index in [2.05, 4.69) is 4.98 Å². The van der Waals surface area contributed by atoms with Crippen LogP contribution in [-0.2, 0) is 20.7 Å². The second-order valence-corrected chi connectivity index (χ2v) is 7.58. The van der Waals surface area contributed by atoms with Gasteiger partial charge < -0.3 is 14.6 Å². The van der Waals surface area contributed by atoms with Gasteiger partial charge in [0.05, 0.1) is 5.92 Å². The van der Waals surface area contributed by atoms with Gasteiger partial charge in [-0.25, -0.2) is 0 Å². The van der Waals surface area contributed by atoms with E-state index in [4.69, 9.17) is 4.74 Å². The molecule has 0 saturated carbocycles. The Labute approximate surface area is 174 Å². The number of Topliss-reactive ketones (excluding diaryl/α,β-unsaturated/α-hetero) is 1. The third-order valence-electron chi connectivity index (χ3n) is 5.64. The van der Waals surface area contributed by atoms with Gasteiger partial charge in [0.1, 0.15) is 0 Å². The molecule has 3 aromatic rings. The second kappa shape index (κ2) is 8.14. The molecule has 1 aliphatic rings. The number of esters is 1. The van der Waals surface area contributed by atoms with E-state index >= 15 is 0 Å². The molecule has 0 aliphatic carbocycles. The minimum atomic E-state index is -0.927. The van der Waals surface area contributed by atoms with Crippen LogP contribution in [0.1, 0.15) is 36.2 Å². The molecular formula is C24H24N2O4. The maximum Gasteiger partial charge on any atom is 0.312 e. The lowest BCUT2D eigenvalue weighted by molar-refractivity contribution is -0.151. The maximum atomic E-state index is 12.8. The average molecular weight is 404 g/mol.